The molecule has 2 unspecified atom stereocenters. The third-order valence-corrected chi connectivity index (χ3v) is 17.5. The molecule has 0 radical (unpaired) electrons. The van der Waals surface area contributed by atoms with Crippen LogP contribution in [-0.2, 0) is 88.7 Å². The van der Waals surface area contributed by atoms with Gasteiger partial charge >= 0.3 is 31.8 Å². The van der Waals surface area contributed by atoms with E-state index in [2.05, 4.69) is 63.4 Å². The van der Waals surface area contributed by atoms with E-state index in [-0.39, 0.29) is 85.2 Å². The molecule has 3 saturated heterocycles. The molecule has 8 heterocycles. The maximum Gasteiger partial charge on any atom is 0.508 e. The summed E-state index contributed by atoms with van der Waals surface area (Å²) >= 11 is 9.65. The number of amides is 8. The number of imide groups is 1. The molecule has 12 atom stereocenters. The van der Waals surface area contributed by atoms with Gasteiger partial charge in [-0.25, -0.2) is 48.9 Å². The molecule has 4 aliphatic rings. The minimum absolute atomic E-state index is 0.0261. The summed E-state index contributed by atoms with van der Waals surface area (Å²) in [6, 6.07) is 3.03. The Kier molecular flexibility index (Phi) is 21.5. The molecule has 12 N–H and O–H groups in total. The number of ether oxygens (including phenoxy) is 5. The van der Waals surface area contributed by atoms with E-state index in [1.54, 1.807) is 26.0 Å². The number of benzene rings is 1. The topological polar surface area (TPSA) is 497 Å². The van der Waals surface area contributed by atoms with Gasteiger partial charge in [0.05, 0.1) is 32.4 Å². The van der Waals surface area contributed by atoms with Gasteiger partial charge in [-0.1, -0.05) is 38.2 Å². The van der Waals surface area contributed by atoms with Crippen LogP contribution in [0, 0.1) is 5.92 Å². The molecule has 9 rings (SSSR count). The van der Waals surface area contributed by atoms with Crippen molar-refractivity contribution in [1.82, 2.24) is 64.8 Å². The lowest BCUT2D eigenvalue weighted by atomic mass is 10.0. The van der Waals surface area contributed by atoms with E-state index in [4.69, 9.17) is 70.8 Å². The molecular weight excluding hydrogens is 1280 g/mol. The number of urea groups is 1. The Morgan fingerprint density at radius 3 is 2.11 bits per heavy atom. The number of likely N-dealkylation sites (N-methyl/N-ethyl adjacent to an activating group) is 1. The number of hydrogen-bond acceptors (Lipinski definition) is 28. The molecule has 4 aliphatic heterocycles. The largest absolute Gasteiger partial charge is 0.508 e. The van der Waals surface area contributed by atoms with Crippen molar-refractivity contribution in [1.29, 1.82) is 0 Å². The molecule has 0 aliphatic carbocycles. The number of aromatic nitrogens is 8. The predicted molar refractivity (Wildman–Crippen MR) is 318 cm³/mol. The Labute approximate surface area is 525 Å². The third kappa shape index (κ3) is 16.5. The Morgan fingerprint density at radius 2 is 1.47 bits per heavy atom. The van der Waals surface area contributed by atoms with Crippen LogP contribution in [0.25, 0.3) is 22.3 Å². The average molecular weight is 1350 g/mol. The summed E-state index contributed by atoms with van der Waals surface area (Å²) < 4.78 is 69.3. The fourth-order valence-electron chi connectivity index (χ4n) is 9.69. The molecular formula is C50H63N17O20P2S2. The predicted octanol–water partition coefficient (Wildman–Crippen LogP) is 0.176. The second kappa shape index (κ2) is 29.0. The highest BCUT2D eigenvalue weighted by Gasteiger charge is 2.55. The van der Waals surface area contributed by atoms with Gasteiger partial charge in [0.25, 0.3) is 11.8 Å². The number of imidazole rings is 2. The van der Waals surface area contributed by atoms with Gasteiger partial charge in [-0.15, -0.1) is 0 Å². The van der Waals surface area contributed by atoms with Crippen LogP contribution in [-0.4, -0.2) is 202 Å². The lowest BCUT2D eigenvalue weighted by molar-refractivity contribution is -0.137. The summed E-state index contributed by atoms with van der Waals surface area (Å²) in [4.78, 5) is 141. The van der Waals surface area contributed by atoms with Crippen LogP contribution in [0.5, 0.6) is 0 Å². The SMILES string of the molecule is CC(C)[C@H](NC(=O)CCN1C(=O)C=CC1=O)C(=O)N[C@@H](CCCNC(N)=O)C(=O)Nc1ccc(COC(=O)N(C)CCOC(=O)O[C@@H]2[C@@H]3OP(O)(=S)OC[C@H]4O[C@@H](n5cnc6c(N)ncnc65)[C@H](OP(=O)(S)OC[C@H]3O[C@H]2n2cnc3c(N)ncnc32)[C@@H]4O)cc1. The van der Waals surface area contributed by atoms with Crippen molar-refractivity contribution in [2.75, 3.05) is 63.3 Å². The zero-order valence-electron chi connectivity index (χ0n) is 48.4. The minimum atomic E-state index is -4.57. The molecule has 91 heavy (non-hydrogen) atoms. The van der Waals surface area contributed by atoms with Crippen LogP contribution in [0.3, 0.4) is 0 Å². The number of primary amides is 1. The van der Waals surface area contributed by atoms with Crippen LogP contribution in [0.1, 0.15) is 51.1 Å². The second-order valence-electron chi connectivity index (χ2n) is 21.0. The Balaban J connectivity index is 0.801. The minimum Gasteiger partial charge on any atom is -0.445 e. The molecule has 490 valence electrons. The van der Waals surface area contributed by atoms with Gasteiger partial charge in [-0.2, -0.15) is 0 Å². The molecule has 2 bridgehead atoms. The molecule has 37 nitrogen and oxygen atoms in total. The summed E-state index contributed by atoms with van der Waals surface area (Å²) in [6.07, 6.45) is -7.30. The van der Waals surface area contributed by atoms with E-state index >= 15 is 0 Å². The smallest absolute Gasteiger partial charge is 0.445 e. The van der Waals surface area contributed by atoms with Gasteiger partial charge in [0.2, 0.25) is 17.7 Å². The number of carbonyl (C=O) groups excluding carboxylic acids is 8. The Hall–Kier alpha value is -8.07. The summed E-state index contributed by atoms with van der Waals surface area (Å²) in [7, 11) is 1.36. The number of nitrogens with one attached hydrogen (secondary N) is 4. The van der Waals surface area contributed by atoms with Crippen molar-refractivity contribution >= 4 is 125 Å². The second-order valence-corrected chi connectivity index (χ2v) is 26.7. The maximum absolute atomic E-state index is 14.1. The lowest BCUT2D eigenvalue weighted by Crippen LogP contribution is -2.54. The summed E-state index contributed by atoms with van der Waals surface area (Å²) in [5.74, 6) is -3.56. The first-order valence-electron chi connectivity index (χ1n) is 27.7. The quantitative estimate of drug-likeness (QED) is 0.0154. The van der Waals surface area contributed by atoms with E-state index in [1.165, 1.54) is 47.3 Å². The molecule has 5 aromatic rings. The van der Waals surface area contributed by atoms with Crippen molar-refractivity contribution in [2.45, 2.75) is 101 Å². The number of carbonyl (C=O) groups is 8. The Bertz CT molecular complexity index is 3680. The van der Waals surface area contributed by atoms with Gasteiger partial charge in [0.15, 0.2) is 41.5 Å². The number of fused-ring (bicyclic) bond motifs is 5. The van der Waals surface area contributed by atoms with E-state index in [0.29, 0.717) is 5.56 Å². The van der Waals surface area contributed by atoms with Crippen LogP contribution in [0.15, 0.2) is 61.7 Å². The van der Waals surface area contributed by atoms with Gasteiger partial charge in [0.1, 0.15) is 79.5 Å². The summed E-state index contributed by atoms with van der Waals surface area (Å²) in [5.41, 5.74) is 18.6. The van der Waals surface area contributed by atoms with Crippen molar-refractivity contribution in [3.8, 4) is 0 Å². The molecule has 41 heteroatoms. The number of hydrogen-bond donors (Lipinski definition) is 10. The number of aliphatic hydroxyl groups is 1. The molecule has 1 aromatic carbocycles. The number of nitrogen functional groups attached to an aromatic ring is 2. The number of anilines is 3. The van der Waals surface area contributed by atoms with Crippen molar-refractivity contribution in [2.24, 2.45) is 11.7 Å². The number of aliphatic hydroxyl groups excluding tert-OH is 1. The van der Waals surface area contributed by atoms with Crippen molar-refractivity contribution in [3.05, 3.63) is 67.3 Å². The Morgan fingerprint density at radius 1 is 0.846 bits per heavy atom. The fourth-order valence-corrected chi connectivity index (χ4v) is 12.6. The average Bonchev–Trinajstić information content (AvgIpc) is 1.62. The first-order chi connectivity index (χ1) is 43.3. The van der Waals surface area contributed by atoms with Crippen LogP contribution >= 0.6 is 25.8 Å². The van der Waals surface area contributed by atoms with E-state index in [0.717, 1.165) is 28.3 Å². The number of nitrogens with two attached hydrogens (primary N) is 3. The first kappa shape index (κ1) is 67.3. The lowest BCUT2D eigenvalue weighted by Gasteiger charge is -2.28. The zero-order chi connectivity index (χ0) is 65.5. The highest BCUT2D eigenvalue weighted by molar-refractivity contribution is 8.44. The summed E-state index contributed by atoms with van der Waals surface area (Å²) in [6.45, 7) is -8.23. The van der Waals surface area contributed by atoms with Crippen LogP contribution < -0.4 is 38.5 Å². The first-order valence-corrected chi connectivity index (χ1v) is 33.0. The molecule has 8 amide bonds. The molecule has 0 spiro atoms. The molecule has 3 fully saturated rings. The van der Waals surface area contributed by atoms with Gasteiger partial charge in [0, 0.05) is 44.4 Å². The summed E-state index contributed by atoms with van der Waals surface area (Å²) in [5, 5.41) is 21.9. The van der Waals surface area contributed by atoms with E-state index in [1.807, 2.05) is 0 Å². The van der Waals surface area contributed by atoms with Crippen LogP contribution in [0.4, 0.5) is 31.7 Å². The molecule has 4 aromatic heterocycles. The van der Waals surface area contributed by atoms with Gasteiger partial charge < -0.3 is 81.6 Å². The van der Waals surface area contributed by atoms with Crippen LogP contribution in [0.2, 0.25) is 0 Å². The fraction of sp³-hybridized carbons (Fsp3) is 0.480. The van der Waals surface area contributed by atoms with Gasteiger partial charge in [-0.3, -0.25) is 51.6 Å². The number of rotatable bonds is 21. The van der Waals surface area contributed by atoms with Crippen molar-refractivity contribution < 1.29 is 94.7 Å². The monoisotopic (exact) mass is 1350 g/mol. The number of nitrogens with zero attached hydrogens (tertiary/aromatic N) is 10. The maximum atomic E-state index is 14.1. The standard InChI is InChI=1S/C50H63N17O20P2S2/c1-24(2)33(63-30(68)12-14-65-31(69)10-11-32(65)70)45(73)62-27(5-4-13-54-48(53)74)44(72)61-26-8-6-25(7-9-26)17-80-49(75)64(3)15-16-79-50(76)85-39-37-29(84-47(39)67-23-60-35-41(52)56-21-58-43(35)67)19-82-89(78,91)87-38-36(71)28(18-81-88(77,90)86-37)83-46(38)66-22-59-34-40(51)55-20-57-42(34)66/h6-11,20-24,27-29,33,36-39,46-47,71H,4-5,12-19H2,1-3H3,(H,61,72)(H,62,73)(H,63,68)(H,77,90)(H,78,91)(H2,51,55,57)(H2,52,56,58)(H3,53,54,74)/t27-,28+,29+,33-,36+,37+,38+,39+,46+,47+,88?,89?/m0/s1. The normalized spacial score (nSPS) is 25.6. The molecule has 0 saturated carbocycles. The zero-order valence-corrected chi connectivity index (χ0v) is 51.9. The van der Waals surface area contributed by atoms with E-state index < -0.39 is 148 Å². The third-order valence-electron chi connectivity index (χ3n) is 14.3. The van der Waals surface area contributed by atoms with E-state index in [9.17, 15) is 52.9 Å². The highest BCUT2D eigenvalue weighted by atomic mass is 32.7. The number of thiol groups is 1. The highest BCUT2D eigenvalue weighted by Crippen LogP contribution is 2.58. The van der Waals surface area contributed by atoms with Crippen molar-refractivity contribution in [3.63, 3.8) is 0 Å². The van der Waals surface area contributed by atoms with Gasteiger partial charge in [-0.05, 0) is 48.3 Å².